The van der Waals surface area contributed by atoms with E-state index in [0.29, 0.717) is 12.8 Å². The molecule has 0 radical (unpaired) electrons. The molecule has 5 aliphatic carbocycles. The summed E-state index contributed by atoms with van der Waals surface area (Å²) in [5, 5.41) is 95.9. The van der Waals surface area contributed by atoms with Crippen LogP contribution in [0.5, 0.6) is 0 Å². The Hall–Kier alpha value is -1.04. The summed E-state index contributed by atoms with van der Waals surface area (Å²) in [4.78, 5) is 0. The number of hydrogen-bond donors (Lipinski definition) is 9. The Kier molecular flexibility index (Phi) is 11.0. The molecule has 7 aliphatic rings. The molecule has 0 aromatic rings. The first kappa shape index (κ1) is 42.1. The van der Waals surface area contributed by atoms with E-state index in [0.717, 1.165) is 38.5 Å². The van der Waals surface area contributed by atoms with Crippen molar-refractivity contribution >= 4 is 0 Å². The van der Waals surface area contributed by atoms with E-state index < -0.39 is 86.1 Å². The molecule has 18 atom stereocenters. The first-order chi connectivity index (χ1) is 25.6. The highest BCUT2D eigenvalue weighted by Gasteiger charge is 2.68. The minimum absolute atomic E-state index is 0.0378. The maximum absolute atomic E-state index is 12.0. The number of allylic oxidation sites excluding steroid dienone is 3. The van der Waals surface area contributed by atoms with Gasteiger partial charge in [-0.2, -0.15) is 0 Å². The summed E-state index contributed by atoms with van der Waals surface area (Å²) in [6, 6.07) is 0. The van der Waals surface area contributed by atoms with Gasteiger partial charge in [0.05, 0.1) is 32.0 Å². The molecule has 13 nitrogen and oxygen atoms in total. The summed E-state index contributed by atoms with van der Waals surface area (Å²) >= 11 is 0. The van der Waals surface area contributed by atoms with Crippen LogP contribution in [0.2, 0.25) is 0 Å². The van der Waals surface area contributed by atoms with Crippen LogP contribution in [0.25, 0.3) is 0 Å². The molecule has 314 valence electrons. The minimum atomic E-state index is -1.66. The van der Waals surface area contributed by atoms with Crippen molar-refractivity contribution in [1.82, 2.24) is 0 Å². The highest BCUT2D eigenvalue weighted by Crippen LogP contribution is 2.74. The molecular formula is C42H68O13. The van der Waals surface area contributed by atoms with E-state index >= 15 is 0 Å². The van der Waals surface area contributed by atoms with E-state index in [1.54, 1.807) is 0 Å². The van der Waals surface area contributed by atoms with Crippen LogP contribution in [-0.2, 0) is 18.9 Å². The van der Waals surface area contributed by atoms with Gasteiger partial charge in [0.2, 0.25) is 0 Å². The monoisotopic (exact) mass is 780 g/mol. The van der Waals surface area contributed by atoms with Crippen LogP contribution in [0.1, 0.15) is 99.8 Å². The molecule has 2 heterocycles. The van der Waals surface area contributed by atoms with Gasteiger partial charge in [0.25, 0.3) is 0 Å². The van der Waals surface area contributed by atoms with Gasteiger partial charge < -0.3 is 64.9 Å². The van der Waals surface area contributed by atoms with E-state index in [4.69, 9.17) is 18.9 Å². The first-order valence-corrected chi connectivity index (χ1v) is 20.6. The maximum Gasteiger partial charge on any atom is 0.186 e. The Labute approximate surface area is 325 Å². The standard InChI is InChI=1S/C42H68O13/c1-37(2)14-15-42(20-44)22(16-37)21-8-9-26-39(5)12-11-28(38(3,4)25(39)10-13-40(26,6)41(21,7)17-27(42)45)55-36-34(51)32(49)30(47)24(54-36)19-52-35-33(50)31(48)29(46)23(18-43)53-35/h8-9,23-36,43-51H,10-20H2,1-7H3/t23-,24-,25+,26-,27+,28+,29-,30-,31+,32+,33-,34-,35-,36+,39+,40-,41-,42-/m1/s1. The van der Waals surface area contributed by atoms with Crippen molar-refractivity contribution in [2.24, 2.45) is 44.3 Å². The highest BCUT2D eigenvalue weighted by atomic mass is 16.7. The number of rotatable bonds is 7. The Balaban J connectivity index is 1.10. The average Bonchev–Trinajstić information content (AvgIpc) is 3.12. The Morgan fingerprint density at radius 2 is 1.36 bits per heavy atom. The average molecular weight is 781 g/mol. The highest BCUT2D eigenvalue weighted by molar-refractivity contribution is 5.47. The summed E-state index contributed by atoms with van der Waals surface area (Å²) in [6.45, 7) is 15.1. The van der Waals surface area contributed by atoms with E-state index in [1.807, 2.05) is 0 Å². The lowest BCUT2D eigenvalue weighted by Gasteiger charge is -2.70. The van der Waals surface area contributed by atoms with E-state index in [-0.39, 0.29) is 51.6 Å². The molecule has 0 aromatic carbocycles. The van der Waals surface area contributed by atoms with Gasteiger partial charge in [-0.1, -0.05) is 66.2 Å². The summed E-state index contributed by atoms with van der Waals surface area (Å²) in [5.74, 6) is 0.440. The summed E-state index contributed by atoms with van der Waals surface area (Å²) < 4.78 is 23.7. The van der Waals surface area contributed by atoms with Crippen LogP contribution in [0.15, 0.2) is 23.3 Å². The lowest BCUT2D eigenvalue weighted by molar-refractivity contribution is -0.345. The normalized spacial score (nSPS) is 53.2. The molecule has 7 rings (SSSR count). The number of ether oxygens (including phenoxy) is 4. The molecule has 9 N–H and O–H groups in total. The molecular weight excluding hydrogens is 712 g/mol. The molecule has 13 heteroatoms. The van der Waals surface area contributed by atoms with Crippen LogP contribution in [-0.4, -0.2) is 139 Å². The van der Waals surface area contributed by atoms with Crippen molar-refractivity contribution < 1.29 is 64.9 Å². The molecule has 0 unspecified atom stereocenters. The van der Waals surface area contributed by atoms with Gasteiger partial charge >= 0.3 is 0 Å². The molecule has 2 saturated heterocycles. The van der Waals surface area contributed by atoms with Crippen molar-refractivity contribution in [2.45, 2.75) is 173 Å². The molecule has 0 bridgehead atoms. The SMILES string of the molecule is CC1(C)CC[C@@]2(CO)C(=C3C=C[C@@H]4[C@@]5(C)CC[C@H](O[C@@H]6O[C@H](CO[C@@H]7O[C@H](CO)[C@@H](O)[C@H](O)[C@H]7O)[C@@H](O)[C@H](O)[C@H]6O)C(C)(C)[C@@H]5CC[C@@]4(C)[C@]3(C)C[C@@H]2O)C1. The second kappa shape index (κ2) is 14.3. The molecule has 0 spiro atoms. The fraction of sp³-hybridized carbons (Fsp3) is 0.905. The second-order valence-corrected chi connectivity index (χ2v) is 20.5. The van der Waals surface area contributed by atoms with Crippen molar-refractivity contribution in [3.8, 4) is 0 Å². The third kappa shape index (κ3) is 6.28. The van der Waals surface area contributed by atoms with E-state index in [9.17, 15) is 46.0 Å². The minimum Gasteiger partial charge on any atom is -0.395 e. The summed E-state index contributed by atoms with van der Waals surface area (Å²) in [6.07, 6.45) is -4.34. The van der Waals surface area contributed by atoms with E-state index in [2.05, 4.69) is 60.6 Å². The Morgan fingerprint density at radius 3 is 2.02 bits per heavy atom. The smallest absolute Gasteiger partial charge is 0.186 e. The molecule has 55 heavy (non-hydrogen) atoms. The zero-order valence-corrected chi connectivity index (χ0v) is 33.7. The fourth-order valence-electron chi connectivity index (χ4n) is 13.0. The lowest BCUT2D eigenvalue weighted by atomic mass is 9.35. The van der Waals surface area contributed by atoms with E-state index in [1.165, 1.54) is 11.1 Å². The fourth-order valence-corrected chi connectivity index (χ4v) is 13.0. The topological polar surface area (TPSA) is 219 Å². The van der Waals surface area contributed by atoms with Crippen molar-refractivity contribution in [3.63, 3.8) is 0 Å². The zero-order valence-electron chi connectivity index (χ0n) is 33.7. The third-order valence-electron chi connectivity index (χ3n) is 16.7. The Morgan fingerprint density at radius 1 is 0.727 bits per heavy atom. The van der Waals surface area contributed by atoms with Gasteiger partial charge in [-0.05, 0) is 90.4 Å². The van der Waals surface area contributed by atoms with Crippen molar-refractivity contribution in [3.05, 3.63) is 23.3 Å². The Bertz CT molecular complexity index is 1500. The zero-order chi connectivity index (χ0) is 40.3. The number of aliphatic hydroxyl groups excluding tert-OH is 9. The maximum atomic E-state index is 12.0. The van der Waals surface area contributed by atoms with Crippen LogP contribution in [0.3, 0.4) is 0 Å². The molecule has 0 aromatic heterocycles. The molecule has 0 amide bonds. The van der Waals surface area contributed by atoms with Crippen LogP contribution < -0.4 is 0 Å². The first-order valence-electron chi connectivity index (χ1n) is 20.6. The predicted octanol–water partition coefficient (Wildman–Crippen LogP) is 1.68. The van der Waals surface area contributed by atoms with Crippen molar-refractivity contribution in [2.75, 3.05) is 19.8 Å². The van der Waals surface area contributed by atoms with Gasteiger partial charge in [0.15, 0.2) is 12.6 Å². The van der Waals surface area contributed by atoms with Gasteiger partial charge in [-0.3, -0.25) is 0 Å². The number of fused-ring (bicyclic) bond motifs is 6. The molecule has 5 fully saturated rings. The third-order valence-corrected chi connectivity index (χ3v) is 16.7. The lowest BCUT2D eigenvalue weighted by Crippen LogP contribution is -2.65. The largest absolute Gasteiger partial charge is 0.395 e. The summed E-state index contributed by atoms with van der Waals surface area (Å²) in [7, 11) is 0. The van der Waals surface area contributed by atoms with Gasteiger partial charge in [0.1, 0.15) is 48.8 Å². The van der Waals surface area contributed by atoms with Gasteiger partial charge in [-0.25, -0.2) is 0 Å². The van der Waals surface area contributed by atoms with Gasteiger partial charge in [-0.15, -0.1) is 0 Å². The molecule has 2 aliphatic heterocycles. The quantitative estimate of drug-likeness (QED) is 0.168. The molecule has 3 saturated carbocycles. The summed E-state index contributed by atoms with van der Waals surface area (Å²) in [5.41, 5.74) is 1.17. The number of aliphatic hydroxyl groups is 9. The van der Waals surface area contributed by atoms with Crippen LogP contribution in [0.4, 0.5) is 0 Å². The number of hydrogen-bond acceptors (Lipinski definition) is 13. The van der Waals surface area contributed by atoms with Gasteiger partial charge in [0, 0.05) is 10.8 Å². The van der Waals surface area contributed by atoms with Crippen molar-refractivity contribution in [1.29, 1.82) is 0 Å². The van der Waals surface area contributed by atoms with Crippen LogP contribution in [0, 0.1) is 44.3 Å². The second-order valence-electron chi connectivity index (χ2n) is 20.5. The van der Waals surface area contributed by atoms with Crippen LogP contribution >= 0.6 is 0 Å². The predicted molar refractivity (Wildman–Crippen MR) is 199 cm³/mol.